The van der Waals surface area contributed by atoms with Crippen LogP contribution in [0.15, 0.2) is 18.2 Å². The molecular formula is C16H22FNO. The minimum Gasteiger partial charge on any atom is -0.349 e. The Morgan fingerprint density at radius 2 is 2.16 bits per heavy atom. The molecule has 104 valence electrons. The summed E-state index contributed by atoms with van der Waals surface area (Å²) in [6, 6.07) is 4.83. The summed E-state index contributed by atoms with van der Waals surface area (Å²) >= 11 is 0. The van der Waals surface area contributed by atoms with Crippen molar-refractivity contribution in [2.45, 2.75) is 46.1 Å². The third-order valence-corrected chi connectivity index (χ3v) is 4.43. The number of amides is 1. The largest absolute Gasteiger partial charge is 0.349 e. The molecule has 1 aliphatic rings. The summed E-state index contributed by atoms with van der Waals surface area (Å²) < 4.78 is 13.7. The first kappa shape index (κ1) is 14.0. The number of carbonyl (C=O) groups excluding carboxylic acids is 1. The Morgan fingerprint density at radius 1 is 1.42 bits per heavy atom. The molecule has 2 rings (SSSR count). The predicted molar refractivity (Wildman–Crippen MR) is 74.6 cm³/mol. The van der Waals surface area contributed by atoms with Crippen LogP contribution in [0.25, 0.3) is 0 Å². The summed E-state index contributed by atoms with van der Waals surface area (Å²) in [6.07, 6.45) is 3.30. The average molecular weight is 263 g/mol. The first-order valence-corrected chi connectivity index (χ1v) is 7.10. The summed E-state index contributed by atoms with van der Waals surface area (Å²) in [5.41, 5.74) is 1.06. The van der Waals surface area contributed by atoms with Gasteiger partial charge in [0.2, 0.25) is 0 Å². The molecule has 0 radical (unpaired) electrons. The molecule has 1 saturated carbocycles. The van der Waals surface area contributed by atoms with Crippen molar-refractivity contribution < 1.29 is 9.18 Å². The van der Waals surface area contributed by atoms with Gasteiger partial charge in [0.1, 0.15) is 5.82 Å². The van der Waals surface area contributed by atoms with E-state index >= 15 is 0 Å². The summed E-state index contributed by atoms with van der Waals surface area (Å²) in [5.74, 6) is 0.421. The van der Waals surface area contributed by atoms with Crippen molar-refractivity contribution in [3.63, 3.8) is 0 Å². The van der Waals surface area contributed by atoms with Gasteiger partial charge in [0.05, 0.1) is 5.56 Å². The second-order valence-corrected chi connectivity index (χ2v) is 5.67. The van der Waals surface area contributed by atoms with Gasteiger partial charge in [-0.3, -0.25) is 4.79 Å². The van der Waals surface area contributed by atoms with Crippen molar-refractivity contribution in [3.8, 4) is 0 Å². The number of benzene rings is 1. The van der Waals surface area contributed by atoms with Gasteiger partial charge in [-0.25, -0.2) is 4.39 Å². The van der Waals surface area contributed by atoms with Crippen LogP contribution in [0, 0.1) is 24.6 Å². The number of rotatable bonds is 3. The molecule has 0 bridgehead atoms. The van der Waals surface area contributed by atoms with Crippen molar-refractivity contribution in [3.05, 3.63) is 35.1 Å². The standard InChI is InChI=1S/C16H22FNO/c1-4-12-6-8-15(11(12)3)18-16(19)13-9-10(2)5-7-14(13)17/h5,7,9,11-12,15H,4,6,8H2,1-3H3,(H,18,19). The number of nitrogens with one attached hydrogen (secondary N) is 1. The van der Waals surface area contributed by atoms with E-state index < -0.39 is 5.82 Å². The molecule has 3 heteroatoms. The van der Waals surface area contributed by atoms with Gasteiger partial charge < -0.3 is 5.32 Å². The summed E-state index contributed by atoms with van der Waals surface area (Å²) in [4.78, 5) is 12.2. The van der Waals surface area contributed by atoms with E-state index in [1.54, 1.807) is 12.1 Å². The highest BCUT2D eigenvalue weighted by Gasteiger charge is 2.32. The molecule has 0 aromatic heterocycles. The van der Waals surface area contributed by atoms with Crippen LogP contribution >= 0.6 is 0 Å². The van der Waals surface area contributed by atoms with E-state index in [-0.39, 0.29) is 17.5 Å². The molecule has 1 aromatic rings. The lowest BCUT2D eigenvalue weighted by molar-refractivity contribution is 0.0922. The third kappa shape index (κ3) is 2.96. The quantitative estimate of drug-likeness (QED) is 0.885. The minimum absolute atomic E-state index is 0.159. The minimum atomic E-state index is -0.444. The van der Waals surface area contributed by atoms with Gasteiger partial charge in [-0.05, 0) is 43.7 Å². The maximum absolute atomic E-state index is 13.7. The van der Waals surface area contributed by atoms with E-state index in [0.29, 0.717) is 11.8 Å². The molecule has 19 heavy (non-hydrogen) atoms. The lowest BCUT2D eigenvalue weighted by Crippen LogP contribution is -2.37. The van der Waals surface area contributed by atoms with Crippen LogP contribution in [0.1, 0.15) is 49.0 Å². The zero-order valence-electron chi connectivity index (χ0n) is 11.9. The highest BCUT2D eigenvalue weighted by atomic mass is 19.1. The van der Waals surface area contributed by atoms with Gasteiger partial charge >= 0.3 is 0 Å². The molecule has 3 unspecified atom stereocenters. The Balaban J connectivity index is 2.07. The van der Waals surface area contributed by atoms with Crippen LogP contribution in [0.2, 0.25) is 0 Å². The number of carbonyl (C=O) groups is 1. The van der Waals surface area contributed by atoms with E-state index in [1.165, 1.54) is 6.07 Å². The highest BCUT2D eigenvalue weighted by Crippen LogP contribution is 2.34. The fraction of sp³-hybridized carbons (Fsp3) is 0.562. The van der Waals surface area contributed by atoms with Crippen LogP contribution < -0.4 is 5.32 Å². The summed E-state index contributed by atoms with van der Waals surface area (Å²) in [7, 11) is 0. The van der Waals surface area contributed by atoms with Gasteiger partial charge in [-0.2, -0.15) is 0 Å². The van der Waals surface area contributed by atoms with Crippen molar-refractivity contribution in [2.75, 3.05) is 0 Å². The van der Waals surface area contributed by atoms with Crippen LogP contribution in [-0.2, 0) is 0 Å². The summed E-state index contributed by atoms with van der Waals surface area (Å²) in [5, 5.41) is 3.00. The maximum Gasteiger partial charge on any atom is 0.254 e. The molecule has 0 saturated heterocycles. The molecule has 0 heterocycles. The molecule has 0 aliphatic heterocycles. The Hall–Kier alpha value is -1.38. The molecule has 2 nitrogen and oxygen atoms in total. The second kappa shape index (κ2) is 5.72. The van der Waals surface area contributed by atoms with Crippen LogP contribution in [-0.4, -0.2) is 11.9 Å². The highest BCUT2D eigenvalue weighted by molar-refractivity contribution is 5.94. The number of aryl methyl sites for hydroxylation is 1. The molecule has 1 fully saturated rings. The lowest BCUT2D eigenvalue weighted by atomic mass is 9.93. The summed E-state index contributed by atoms with van der Waals surface area (Å²) in [6.45, 7) is 6.23. The Bertz CT molecular complexity index is 472. The monoisotopic (exact) mass is 263 g/mol. The van der Waals surface area contributed by atoms with Crippen LogP contribution in [0.3, 0.4) is 0 Å². The first-order valence-electron chi connectivity index (χ1n) is 7.10. The molecule has 1 N–H and O–H groups in total. The maximum atomic E-state index is 13.7. The van der Waals surface area contributed by atoms with Gasteiger partial charge in [-0.15, -0.1) is 0 Å². The zero-order valence-corrected chi connectivity index (χ0v) is 11.9. The fourth-order valence-electron chi connectivity index (χ4n) is 3.09. The fourth-order valence-corrected chi connectivity index (χ4v) is 3.09. The number of halogens is 1. The predicted octanol–water partition coefficient (Wildman–Crippen LogP) is 3.69. The van der Waals surface area contributed by atoms with E-state index in [4.69, 9.17) is 0 Å². The van der Waals surface area contributed by atoms with E-state index in [2.05, 4.69) is 19.2 Å². The molecule has 3 atom stereocenters. The van der Waals surface area contributed by atoms with Gasteiger partial charge in [0.25, 0.3) is 5.91 Å². The topological polar surface area (TPSA) is 29.1 Å². The number of hydrogen-bond donors (Lipinski definition) is 1. The van der Waals surface area contributed by atoms with Gasteiger partial charge in [0.15, 0.2) is 0 Å². The van der Waals surface area contributed by atoms with Crippen LogP contribution in [0.5, 0.6) is 0 Å². The average Bonchev–Trinajstić information content (AvgIpc) is 2.73. The van der Waals surface area contributed by atoms with Crippen LogP contribution in [0.4, 0.5) is 4.39 Å². The molecule has 1 amide bonds. The Labute approximate surface area is 114 Å². The van der Waals surface area contributed by atoms with Crippen molar-refractivity contribution in [2.24, 2.45) is 11.8 Å². The van der Waals surface area contributed by atoms with Crippen molar-refractivity contribution in [1.29, 1.82) is 0 Å². The van der Waals surface area contributed by atoms with Gasteiger partial charge in [0, 0.05) is 6.04 Å². The number of hydrogen-bond acceptors (Lipinski definition) is 1. The first-order chi connectivity index (χ1) is 9.02. The normalized spacial score (nSPS) is 26.4. The Kier molecular flexibility index (Phi) is 4.23. The smallest absolute Gasteiger partial charge is 0.254 e. The molecule has 1 aliphatic carbocycles. The SMILES string of the molecule is CCC1CCC(NC(=O)c2cc(C)ccc2F)C1C. The van der Waals surface area contributed by atoms with E-state index in [1.807, 2.05) is 6.92 Å². The molecular weight excluding hydrogens is 241 g/mol. The Morgan fingerprint density at radius 3 is 2.79 bits per heavy atom. The zero-order chi connectivity index (χ0) is 14.0. The molecule has 1 aromatic carbocycles. The lowest BCUT2D eigenvalue weighted by Gasteiger charge is -2.21. The van der Waals surface area contributed by atoms with Crippen molar-refractivity contribution in [1.82, 2.24) is 5.32 Å². The van der Waals surface area contributed by atoms with E-state index in [9.17, 15) is 9.18 Å². The van der Waals surface area contributed by atoms with Crippen molar-refractivity contribution >= 4 is 5.91 Å². The molecule has 0 spiro atoms. The van der Waals surface area contributed by atoms with Gasteiger partial charge in [-0.1, -0.05) is 31.9 Å². The second-order valence-electron chi connectivity index (χ2n) is 5.67. The van der Waals surface area contributed by atoms with E-state index in [0.717, 1.165) is 24.8 Å². The third-order valence-electron chi connectivity index (χ3n) is 4.43.